The first-order chi connectivity index (χ1) is 30.2. The monoisotopic (exact) mass is 781 g/mol. The molecule has 0 fully saturated rings. The molecule has 0 amide bonds. The van der Waals surface area contributed by atoms with E-state index in [0.717, 1.165) is 39.4 Å². The Morgan fingerprint density at radius 3 is 1.85 bits per heavy atom. The third-order valence-electron chi connectivity index (χ3n) is 13.1. The van der Waals surface area contributed by atoms with Crippen molar-refractivity contribution in [1.82, 2.24) is 14.1 Å². The van der Waals surface area contributed by atoms with Gasteiger partial charge < -0.3 is 4.74 Å². The van der Waals surface area contributed by atoms with E-state index >= 15 is 0 Å². The van der Waals surface area contributed by atoms with Crippen LogP contribution in [0.3, 0.4) is 0 Å². The molecule has 0 bridgehead atoms. The van der Waals surface area contributed by atoms with Crippen molar-refractivity contribution in [2.75, 3.05) is 0 Å². The fourth-order valence-corrected chi connectivity index (χ4v) is 10.7. The molecule has 2 aliphatic rings. The second-order valence-corrected chi connectivity index (χ2v) is 16.2. The summed E-state index contributed by atoms with van der Waals surface area (Å²) in [5.41, 5.74) is 17.4. The molecule has 0 saturated carbocycles. The fraction of sp³-hybridized carbons (Fsp3) is 0.0357. The molecule has 1 spiro atoms. The number of aryl methyl sites for hydroxylation is 1. The van der Waals surface area contributed by atoms with Crippen LogP contribution < -0.4 is 9.30 Å². The molecule has 0 atom stereocenters. The predicted octanol–water partition coefficient (Wildman–Crippen LogP) is 12.7. The normalized spacial score (nSPS) is 13.1. The molecule has 3 aromatic heterocycles. The van der Waals surface area contributed by atoms with Gasteiger partial charge in [0.05, 0.1) is 23.5 Å². The van der Waals surface area contributed by atoms with Gasteiger partial charge in [-0.1, -0.05) is 133 Å². The van der Waals surface area contributed by atoms with Crippen molar-refractivity contribution in [2.45, 2.75) is 5.41 Å². The number of hydrogen-bond acceptors (Lipinski definition) is 2. The Morgan fingerprint density at radius 1 is 0.508 bits per heavy atom. The zero-order valence-corrected chi connectivity index (χ0v) is 33.3. The van der Waals surface area contributed by atoms with Crippen LogP contribution in [0.1, 0.15) is 22.3 Å². The highest BCUT2D eigenvalue weighted by Gasteiger charge is 2.55. The topological polar surface area (TPSA) is 35.9 Å². The lowest BCUT2D eigenvalue weighted by atomic mass is 9.63. The standard InChI is InChI=1S/C56H37N4O/c1-58-35-59-51-34-39(61-38-28-30-43-42-19-8-9-25-48(42)60(50(43)33-38)52-27-10-11-32-57-52)29-31-46(51)56(47-24-14-26-49(58)55(47)59)53-40(36-15-4-2-5-16-36)20-12-22-44(53)45-23-13-21-41(54(45)56)37-17-6-3-7-18-37/h2-35H,1H3/q+1. The van der Waals surface area contributed by atoms with Gasteiger partial charge in [0.15, 0.2) is 11.0 Å². The molecular weight excluding hydrogens is 745 g/mol. The fourth-order valence-electron chi connectivity index (χ4n) is 10.7. The van der Waals surface area contributed by atoms with Crippen LogP contribution in [0.5, 0.6) is 11.5 Å². The molecule has 0 saturated heterocycles. The van der Waals surface area contributed by atoms with Crippen molar-refractivity contribution in [3.8, 4) is 56.4 Å². The maximum atomic E-state index is 6.95. The number of benzene rings is 8. The molecule has 8 aromatic carbocycles. The highest BCUT2D eigenvalue weighted by molar-refractivity contribution is 6.09. The van der Waals surface area contributed by atoms with E-state index in [4.69, 9.17) is 9.72 Å². The summed E-state index contributed by atoms with van der Waals surface area (Å²) in [6.45, 7) is 0. The Morgan fingerprint density at radius 2 is 1.13 bits per heavy atom. The van der Waals surface area contributed by atoms with E-state index in [1.54, 1.807) is 0 Å². The minimum atomic E-state index is -0.666. The molecule has 11 aromatic rings. The first kappa shape index (κ1) is 33.9. The summed E-state index contributed by atoms with van der Waals surface area (Å²) in [5, 5.41) is 2.33. The second-order valence-electron chi connectivity index (χ2n) is 16.2. The lowest BCUT2D eigenvalue weighted by Gasteiger charge is -2.39. The van der Waals surface area contributed by atoms with Gasteiger partial charge in [-0.05, 0) is 93.0 Å². The number of fused-ring (bicyclic) bond motifs is 12. The highest BCUT2D eigenvalue weighted by atomic mass is 16.5. The van der Waals surface area contributed by atoms with Crippen LogP contribution in [-0.4, -0.2) is 14.1 Å². The van der Waals surface area contributed by atoms with E-state index in [1.165, 1.54) is 72.1 Å². The van der Waals surface area contributed by atoms with Gasteiger partial charge in [0.1, 0.15) is 23.0 Å². The predicted molar refractivity (Wildman–Crippen MR) is 245 cm³/mol. The molecule has 0 unspecified atom stereocenters. The molecule has 5 nitrogen and oxygen atoms in total. The molecule has 1 aliphatic heterocycles. The minimum Gasteiger partial charge on any atom is -0.457 e. The van der Waals surface area contributed by atoms with E-state index < -0.39 is 5.41 Å². The van der Waals surface area contributed by atoms with Crippen LogP contribution in [0, 0.1) is 0 Å². The Bertz CT molecular complexity index is 3480. The lowest BCUT2D eigenvalue weighted by molar-refractivity contribution is -0.645. The second kappa shape index (κ2) is 12.7. The summed E-state index contributed by atoms with van der Waals surface area (Å²) < 4.78 is 13.8. The van der Waals surface area contributed by atoms with Crippen molar-refractivity contribution in [2.24, 2.45) is 7.05 Å². The van der Waals surface area contributed by atoms with Gasteiger partial charge in [0.2, 0.25) is 6.33 Å². The molecule has 0 radical (unpaired) electrons. The molecule has 4 heterocycles. The Hall–Kier alpha value is -8.02. The first-order valence-electron chi connectivity index (χ1n) is 20.8. The Balaban J connectivity index is 1.09. The van der Waals surface area contributed by atoms with E-state index in [1.807, 2.05) is 18.3 Å². The van der Waals surface area contributed by atoms with Gasteiger partial charge in [-0.2, -0.15) is 4.57 Å². The molecule has 13 rings (SSSR count). The SMILES string of the molecule is C[n+]1cn2c3c(cccc31)C1(c3ccc(Oc4ccc5c6ccccc6n(-c6ccccn6)c5c4)cc3-2)c2c(-c3ccccc3)cccc2-c2cccc(-c3ccccc3)c21. The molecule has 0 N–H and O–H groups in total. The van der Waals surface area contributed by atoms with Crippen LogP contribution in [0.25, 0.3) is 77.7 Å². The van der Waals surface area contributed by atoms with Gasteiger partial charge in [0.25, 0.3) is 0 Å². The highest BCUT2D eigenvalue weighted by Crippen LogP contribution is 2.64. The Labute approximate surface area is 352 Å². The van der Waals surface area contributed by atoms with Crippen LogP contribution in [-0.2, 0) is 12.5 Å². The van der Waals surface area contributed by atoms with E-state index in [0.29, 0.717) is 0 Å². The molecule has 61 heavy (non-hydrogen) atoms. The van der Waals surface area contributed by atoms with Crippen LogP contribution in [0.15, 0.2) is 207 Å². The van der Waals surface area contributed by atoms with E-state index in [9.17, 15) is 0 Å². The zero-order valence-electron chi connectivity index (χ0n) is 33.3. The minimum absolute atomic E-state index is 0.666. The van der Waals surface area contributed by atoms with Gasteiger partial charge in [-0.15, -0.1) is 0 Å². The molecule has 5 heteroatoms. The summed E-state index contributed by atoms with van der Waals surface area (Å²) >= 11 is 0. The van der Waals surface area contributed by atoms with E-state index in [-0.39, 0.29) is 0 Å². The van der Waals surface area contributed by atoms with Crippen molar-refractivity contribution in [3.05, 3.63) is 229 Å². The number of pyridine rings is 1. The van der Waals surface area contributed by atoms with Gasteiger partial charge in [0, 0.05) is 40.2 Å². The maximum absolute atomic E-state index is 6.95. The average Bonchev–Trinajstić information content (AvgIpc) is 3.95. The first-order valence-corrected chi connectivity index (χ1v) is 20.8. The number of rotatable bonds is 5. The molecular formula is C56H37N4O+. The third-order valence-corrected chi connectivity index (χ3v) is 13.1. The maximum Gasteiger partial charge on any atom is 0.249 e. The smallest absolute Gasteiger partial charge is 0.249 e. The summed E-state index contributed by atoms with van der Waals surface area (Å²) in [4.78, 5) is 4.76. The number of ether oxygens (including phenoxy) is 1. The van der Waals surface area contributed by atoms with Crippen molar-refractivity contribution in [1.29, 1.82) is 0 Å². The zero-order chi connectivity index (χ0) is 40.2. The summed E-state index contributed by atoms with van der Waals surface area (Å²) in [6, 6.07) is 70.1. The summed E-state index contributed by atoms with van der Waals surface area (Å²) in [7, 11) is 2.15. The summed E-state index contributed by atoms with van der Waals surface area (Å²) in [5.74, 6) is 2.40. The number of hydrogen-bond donors (Lipinski definition) is 0. The quantitative estimate of drug-likeness (QED) is 0.163. The van der Waals surface area contributed by atoms with Crippen molar-refractivity contribution in [3.63, 3.8) is 0 Å². The number of imidazole rings is 1. The van der Waals surface area contributed by atoms with Crippen molar-refractivity contribution >= 4 is 32.8 Å². The van der Waals surface area contributed by atoms with Gasteiger partial charge in [-0.25, -0.2) is 9.55 Å². The Kier molecular flexibility index (Phi) is 7.08. The lowest BCUT2D eigenvalue weighted by Crippen LogP contribution is -2.34. The third kappa shape index (κ3) is 4.66. The number of aromatic nitrogens is 4. The van der Waals surface area contributed by atoms with Gasteiger partial charge in [-0.3, -0.25) is 4.57 Å². The van der Waals surface area contributed by atoms with Crippen LogP contribution in [0.2, 0.25) is 0 Å². The van der Waals surface area contributed by atoms with Crippen molar-refractivity contribution < 1.29 is 9.30 Å². The van der Waals surface area contributed by atoms with Gasteiger partial charge >= 0.3 is 0 Å². The number of nitrogens with zero attached hydrogens (tertiary/aromatic N) is 4. The van der Waals surface area contributed by atoms with Crippen LogP contribution >= 0.6 is 0 Å². The average molecular weight is 782 g/mol. The summed E-state index contributed by atoms with van der Waals surface area (Å²) in [6.07, 6.45) is 4.07. The molecule has 286 valence electrons. The molecule has 1 aliphatic carbocycles. The largest absolute Gasteiger partial charge is 0.457 e. The number of para-hydroxylation sites is 2. The van der Waals surface area contributed by atoms with Crippen LogP contribution in [0.4, 0.5) is 0 Å². The van der Waals surface area contributed by atoms with E-state index in [2.05, 4.69) is 209 Å².